The van der Waals surface area contributed by atoms with Crippen molar-refractivity contribution in [1.29, 1.82) is 0 Å². The van der Waals surface area contributed by atoms with Crippen LogP contribution in [0.1, 0.15) is 44.3 Å². The lowest BCUT2D eigenvalue weighted by molar-refractivity contribution is -0.0494. The summed E-state index contributed by atoms with van der Waals surface area (Å²) in [5.41, 5.74) is 7.99. The number of aliphatic hydroxyl groups is 1. The normalized spacial score (nSPS) is 27.2. The lowest BCUT2D eigenvalue weighted by atomic mass is 10.1. The van der Waals surface area contributed by atoms with E-state index in [0.29, 0.717) is 29.0 Å². The molecule has 140 valence electrons. The van der Waals surface area contributed by atoms with Gasteiger partial charge in [-0.3, -0.25) is 4.68 Å². The minimum absolute atomic E-state index is 0.0803. The molecule has 2 fully saturated rings. The van der Waals surface area contributed by atoms with E-state index in [9.17, 15) is 13.9 Å². The number of ether oxygens (including phenoxy) is 1. The molecule has 2 heterocycles. The fourth-order valence-corrected chi connectivity index (χ4v) is 4.25. The van der Waals surface area contributed by atoms with Crippen LogP contribution in [-0.2, 0) is 0 Å². The first-order chi connectivity index (χ1) is 12.3. The third kappa shape index (κ3) is 2.92. The highest BCUT2D eigenvalue weighted by molar-refractivity contribution is 5.64. The van der Waals surface area contributed by atoms with Crippen molar-refractivity contribution in [3.63, 3.8) is 0 Å². The monoisotopic (exact) mass is 364 g/mol. The third-order valence-corrected chi connectivity index (χ3v) is 5.41. The number of aliphatic hydroxyl groups excluding tert-OH is 1. The van der Waals surface area contributed by atoms with Gasteiger partial charge < -0.3 is 15.6 Å². The molecule has 0 aliphatic heterocycles. The minimum atomic E-state index is -2.96. The predicted molar refractivity (Wildman–Crippen MR) is 91.8 cm³/mol. The second kappa shape index (κ2) is 6.19. The fourth-order valence-electron chi connectivity index (χ4n) is 4.25. The van der Waals surface area contributed by atoms with Crippen LogP contribution in [0.15, 0.2) is 18.3 Å². The number of nitrogens with two attached hydrogens (primary N) is 1. The molecule has 0 radical (unpaired) electrons. The molecule has 2 aliphatic carbocycles. The molecule has 2 saturated carbocycles. The predicted octanol–water partition coefficient (Wildman–Crippen LogP) is 3.19. The number of alkyl halides is 2. The summed E-state index contributed by atoms with van der Waals surface area (Å²) in [5, 5.41) is 14.4. The van der Waals surface area contributed by atoms with Crippen molar-refractivity contribution in [1.82, 2.24) is 14.8 Å². The molecular weight excluding hydrogens is 342 g/mol. The van der Waals surface area contributed by atoms with Crippen LogP contribution in [0.3, 0.4) is 0 Å². The summed E-state index contributed by atoms with van der Waals surface area (Å²) in [6.07, 6.45) is 3.00. The zero-order chi connectivity index (χ0) is 18.6. The van der Waals surface area contributed by atoms with Gasteiger partial charge in [0.05, 0.1) is 11.8 Å². The highest BCUT2D eigenvalue weighted by atomic mass is 19.3. The molecular formula is C18H22F2N4O2. The fraction of sp³-hybridized carbons (Fsp3) is 0.556. The molecule has 0 amide bonds. The average Bonchev–Trinajstić information content (AvgIpc) is 2.94. The molecule has 0 aromatic carbocycles. The maximum absolute atomic E-state index is 12.5. The number of nitrogen functional groups attached to an aromatic ring is 1. The van der Waals surface area contributed by atoms with Crippen molar-refractivity contribution in [2.24, 2.45) is 11.8 Å². The number of hydrogen-bond acceptors (Lipinski definition) is 5. The molecule has 0 bridgehead atoms. The Morgan fingerprint density at radius 3 is 2.58 bits per heavy atom. The maximum Gasteiger partial charge on any atom is 0.387 e. The highest BCUT2D eigenvalue weighted by Gasteiger charge is 2.57. The number of halogens is 2. The van der Waals surface area contributed by atoms with E-state index in [1.807, 2.05) is 10.7 Å². The van der Waals surface area contributed by atoms with Crippen LogP contribution >= 0.6 is 0 Å². The van der Waals surface area contributed by atoms with Gasteiger partial charge in [-0.25, -0.2) is 4.98 Å². The number of pyridine rings is 1. The Morgan fingerprint density at radius 2 is 1.96 bits per heavy atom. The average molecular weight is 364 g/mol. The summed E-state index contributed by atoms with van der Waals surface area (Å²) in [6, 6.07) is 3.61. The summed E-state index contributed by atoms with van der Waals surface area (Å²) in [4.78, 5) is 3.96. The number of aromatic nitrogens is 3. The summed E-state index contributed by atoms with van der Waals surface area (Å²) in [5.74, 6) is 1.19. The van der Waals surface area contributed by atoms with E-state index in [4.69, 9.17) is 5.73 Å². The van der Waals surface area contributed by atoms with Gasteiger partial charge in [-0.05, 0) is 50.7 Å². The van der Waals surface area contributed by atoms with Gasteiger partial charge in [-0.2, -0.15) is 13.9 Å². The number of fused-ring (bicyclic) bond motifs is 1. The van der Waals surface area contributed by atoms with Gasteiger partial charge in [-0.1, -0.05) is 0 Å². The molecule has 0 saturated heterocycles. The van der Waals surface area contributed by atoms with Gasteiger partial charge in [0, 0.05) is 29.4 Å². The molecule has 2 aliphatic rings. The van der Waals surface area contributed by atoms with Crippen LogP contribution in [0.4, 0.5) is 14.6 Å². The van der Waals surface area contributed by atoms with Crippen LogP contribution in [0, 0.1) is 11.8 Å². The Balaban J connectivity index is 1.67. The van der Waals surface area contributed by atoms with E-state index in [-0.39, 0.29) is 23.7 Å². The number of rotatable bonds is 5. The van der Waals surface area contributed by atoms with Gasteiger partial charge in [0.15, 0.2) is 11.6 Å². The molecule has 6 nitrogen and oxygen atoms in total. The third-order valence-electron chi connectivity index (χ3n) is 5.41. The maximum atomic E-state index is 12.5. The van der Waals surface area contributed by atoms with Crippen LogP contribution in [0.25, 0.3) is 11.3 Å². The Labute approximate surface area is 150 Å². The van der Waals surface area contributed by atoms with Crippen molar-refractivity contribution < 1.29 is 18.6 Å². The molecule has 3 N–H and O–H groups in total. The Hall–Kier alpha value is -2.22. The number of hydrogen-bond donors (Lipinski definition) is 2. The van der Waals surface area contributed by atoms with E-state index in [0.717, 1.165) is 18.5 Å². The standard InChI is InChI=1S/C18H22F2N4O2/c1-8(2)24-14(16-11-4-10(25)5-12(11)16)6-13(23-24)9-3-15(26-18(19)20)17(21)22-7-9/h3,6-8,10-12,16,18,25H,4-5H2,1-2H3,(H2,21,22)/t10-,11-,12+,16+. The van der Waals surface area contributed by atoms with E-state index in [1.54, 1.807) is 0 Å². The topological polar surface area (TPSA) is 86.2 Å². The Morgan fingerprint density at radius 1 is 1.27 bits per heavy atom. The van der Waals surface area contributed by atoms with E-state index < -0.39 is 6.61 Å². The minimum Gasteiger partial charge on any atom is -0.431 e. The van der Waals surface area contributed by atoms with Crippen LogP contribution in [0.2, 0.25) is 0 Å². The van der Waals surface area contributed by atoms with Gasteiger partial charge in [0.2, 0.25) is 0 Å². The first-order valence-electron chi connectivity index (χ1n) is 8.83. The van der Waals surface area contributed by atoms with Gasteiger partial charge in [0.25, 0.3) is 0 Å². The molecule has 4 atom stereocenters. The lowest BCUT2D eigenvalue weighted by Gasteiger charge is -2.13. The summed E-state index contributed by atoms with van der Waals surface area (Å²) in [7, 11) is 0. The van der Waals surface area contributed by atoms with E-state index in [2.05, 4.69) is 28.7 Å². The van der Waals surface area contributed by atoms with E-state index >= 15 is 0 Å². The molecule has 2 aromatic heterocycles. The zero-order valence-electron chi connectivity index (χ0n) is 14.6. The SMILES string of the molecule is CC(C)n1nc(-c2cnc(N)c(OC(F)F)c2)cc1[C@H]1[C@@H]2C[C@@H](O)C[C@@H]21. The Bertz CT molecular complexity index is 812. The lowest BCUT2D eigenvalue weighted by Crippen LogP contribution is -2.10. The first kappa shape index (κ1) is 17.2. The summed E-state index contributed by atoms with van der Waals surface area (Å²) >= 11 is 0. The van der Waals surface area contributed by atoms with Crippen molar-refractivity contribution >= 4 is 5.82 Å². The van der Waals surface area contributed by atoms with Gasteiger partial charge >= 0.3 is 6.61 Å². The van der Waals surface area contributed by atoms with Gasteiger partial charge in [0.1, 0.15) is 0 Å². The molecule has 2 aromatic rings. The van der Waals surface area contributed by atoms with Crippen LogP contribution in [0.5, 0.6) is 5.75 Å². The summed E-state index contributed by atoms with van der Waals surface area (Å²) < 4.78 is 31.5. The van der Waals surface area contributed by atoms with Crippen molar-refractivity contribution in [3.05, 3.63) is 24.0 Å². The zero-order valence-corrected chi connectivity index (χ0v) is 14.6. The largest absolute Gasteiger partial charge is 0.431 e. The van der Waals surface area contributed by atoms with Gasteiger partial charge in [-0.15, -0.1) is 0 Å². The van der Waals surface area contributed by atoms with Crippen molar-refractivity contribution in [2.75, 3.05) is 5.73 Å². The second-order valence-corrected chi connectivity index (χ2v) is 7.46. The Kier molecular flexibility index (Phi) is 4.10. The molecule has 26 heavy (non-hydrogen) atoms. The van der Waals surface area contributed by atoms with Crippen molar-refractivity contribution in [3.8, 4) is 17.0 Å². The first-order valence-corrected chi connectivity index (χ1v) is 8.83. The molecule has 8 heteroatoms. The quantitative estimate of drug-likeness (QED) is 0.851. The molecule has 0 unspecified atom stereocenters. The molecule has 4 rings (SSSR count). The summed E-state index contributed by atoms with van der Waals surface area (Å²) in [6.45, 7) is 1.15. The highest BCUT2D eigenvalue weighted by Crippen LogP contribution is 2.63. The second-order valence-electron chi connectivity index (χ2n) is 7.46. The number of nitrogens with zero attached hydrogens (tertiary/aromatic N) is 3. The smallest absolute Gasteiger partial charge is 0.387 e. The van der Waals surface area contributed by atoms with Crippen LogP contribution in [-0.4, -0.2) is 32.6 Å². The van der Waals surface area contributed by atoms with E-state index in [1.165, 1.54) is 12.3 Å². The van der Waals surface area contributed by atoms with Crippen molar-refractivity contribution in [2.45, 2.75) is 51.4 Å². The van der Waals surface area contributed by atoms with Crippen LogP contribution < -0.4 is 10.5 Å². The number of anilines is 1. The molecule has 0 spiro atoms.